The van der Waals surface area contributed by atoms with Crippen LogP contribution in [0, 0.1) is 0 Å². The molecule has 0 spiro atoms. The zero-order valence-electron chi connectivity index (χ0n) is 8.11. The molecule has 0 saturated carbocycles. The smallest absolute Gasteiger partial charge is 0.163 e. The zero-order valence-corrected chi connectivity index (χ0v) is 10.5. The molecule has 86 valence electrons. The summed E-state index contributed by atoms with van der Waals surface area (Å²) in [6, 6.07) is 2.70. The van der Waals surface area contributed by atoms with Gasteiger partial charge in [0.2, 0.25) is 0 Å². The minimum absolute atomic E-state index is 0. The van der Waals surface area contributed by atoms with Gasteiger partial charge in [0.25, 0.3) is 0 Å². The van der Waals surface area contributed by atoms with Crippen LogP contribution in [0.4, 0.5) is 0 Å². The third-order valence-electron chi connectivity index (χ3n) is 1.91. The van der Waals surface area contributed by atoms with E-state index >= 15 is 0 Å². The molecule has 1 atom stereocenters. The van der Waals surface area contributed by atoms with Crippen molar-refractivity contribution < 1.29 is 14.9 Å². The lowest BCUT2D eigenvalue weighted by molar-refractivity contribution is 0.263. The zero-order chi connectivity index (χ0) is 10.7. The first-order valence-corrected chi connectivity index (χ1v) is 4.83. The maximum atomic E-state index is 9.73. The van der Waals surface area contributed by atoms with Gasteiger partial charge in [0.15, 0.2) is 11.5 Å². The fourth-order valence-corrected chi connectivity index (χ4v) is 1.79. The van der Waals surface area contributed by atoms with Gasteiger partial charge in [0.05, 0.1) is 19.8 Å². The van der Waals surface area contributed by atoms with Gasteiger partial charge >= 0.3 is 0 Å². The van der Waals surface area contributed by atoms with Crippen molar-refractivity contribution in [3.63, 3.8) is 0 Å². The fourth-order valence-electron chi connectivity index (χ4n) is 1.17. The molecule has 4 nitrogen and oxygen atoms in total. The second-order valence-corrected chi connectivity index (χ2v) is 3.66. The Hall–Kier alpha value is -0.490. The molecule has 0 fully saturated rings. The summed E-state index contributed by atoms with van der Waals surface area (Å²) in [6.45, 7) is -0.237. The van der Waals surface area contributed by atoms with E-state index in [0.29, 0.717) is 15.8 Å². The summed E-state index contributed by atoms with van der Waals surface area (Å²) in [7, 11) is 1.46. The molecule has 0 amide bonds. The maximum Gasteiger partial charge on any atom is 0.163 e. The molecule has 0 unspecified atom stereocenters. The Morgan fingerprint density at radius 3 is 2.60 bits per heavy atom. The van der Waals surface area contributed by atoms with Crippen molar-refractivity contribution in [1.82, 2.24) is 0 Å². The van der Waals surface area contributed by atoms with Crippen molar-refractivity contribution in [2.24, 2.45) is 5.73 Å². The third kappa shape index (κ3) is 2.98. The largest absolute Gasteiger partial charge is 0.504 e. The molecular formula is C9H13BrClNO3. The number of halogens is 2. The number of phenolic OH excluding ortho intramolecular Hbond substituents is 1. The van der Waals surface area contributed by atoms with E-state index in [9.17, 15) is 5.11 Å². The molecule has 0 aliphatic carbocycles. The number of hydrogen-bond acceptors (Lipinski definition) is 4. The topological polar surface area (TPSA) is 75.7 Å². The van der Waals surface area contributed by atoms with E-state index < -0.39 is 6.04 Å². The van der Waals surface area contributed by atoms with Crippen LogP contribution in [0.1, 0.15) is 11.6 Å². The first-order chi connectivity index (χ1) is 6.61. The summed E-state index contributed by atoms with van der Waals surface area (Å²) in [5.41, 5.74) is 6.07. The highest BCUT2D eigenvalue weighted by atomic mass is 79.9. The predicted octanol–water partition coefficient (Wildman–Crippen LogP) is 1.58. The molecule has 0 saturated heterocycles. The first kappa shape index (κ1) is 14.5. The third-order valence-corrected chi connectivity index (χ3v) is 2.61. The molecule has 6 heteroatoms. The molecule has 1 aromatic carbocycles. The van der Waals surface area contributed by atoms with E-state index in [4.69, 9.17) is 15.6 Å². The van der Waals surface area contributed by atoms with E-state index in [1.54, 1.807) is 12.1 Å². The number of hydrogen-bond donors (Lipinski definition) is 3. The molecule has 1 aromatic rings. The Bertz CT molecular complexity index is 335. The quantitative estimate of drug-likeness (QED) is 0.792. The minimum Gasteiger partial charge on any atom is -0.504 e. The number of aliphatic hydroxyl groups excluding tert-OH is 1. The number of methoxy groups -OCH3 is 1. The van der Waals surface area contributed by atoms with Crippen LogP contribution in [-0.2, 0) is 0 Å². The Kier molecular flexibility index (Phi) is 5.97. The Morgan fingerprint density at radius 1 is 1.53 bits per heavy atom. The average Bonchev–Trinajstić information content (AvgIpc) is 2.18. The molecule has 4 N–H and O–H groups in total. The summed E-state index contributed by atoms with van der Waals surface area (Å²) < 4.78 is 5.58. The van der Waals surface area contributed by atoms with Crippen LogP contribution >= 0.6 is 28.3 Å². The number of aromatic hydroxyl groups is 1. The van der Waals surface area contributed by atoms with Gasteiger partial charge in [-0.15, -0.1) is 12.4 Å². The summed E-state index contributed by atoms with van der Waals surface area (Å²) in [5, 5.41) is 18.6. The van der Waals surface area contributed by atoms with Gasteiger partial charge in [0, 0.05) is 10.0 Å². The first-order valence-electron chi connectivity index (χ1n) is 4.03. The molecule has 0 heterocycles. The number of nitrogens with two attached hydrogens (primary N) is 1. The van der Waals surface area contributed by atoms with Crippen molar-refractivity contribution in [3.8, 4) is 11.5 Å². The summed E-state index contributed by atoms with van der Waals surface area (Å²) in [4.78, 5) is 0. The van der Waals surface area contributed by atoms with Crippen molar-refractivity contribution >= 4 is 28.3 Å². The van der Waals surface area contributed by atoms with E-state index in [2.05, 4.69) is 15.9 Å². The number of benzene rings is 1. The molecular weight excluding hydrogens is 285 g/mol. The van der Waals surface area contributed by atoms with E-state index in [1.807, 2.05) is 0 Å². The van der Waals surface area contributed by atoms with Gasteiger partial charge in [-0.25, -0.2) is 0 Å². The van der Waals surface area contributed by atoms with Crippen LogP contribution in [0.5, 0.6) is 11.5 Å². The van der Waals surface area contributed by atoms with Crippen LogP contribution in [0.15, 0.2) is 16.6 Å². The van der Waals surface area contributed by atoms with Crippen LogP contribution in [0.2, 0.25) is 0 Å². The monoisotopic (exact) mass is 297 g/mol. The second-order valence-electron chi connectivity index (χ2n) is 2.80. The summed E-state index contributed by atoms with van der Waals surface area (Å²) >= 11 is 3.25. The number of aliphatic hydroxyl groups is 1. The normalized spacial score (nSPS) is 11.7. The highest BCUT2D eigenvalue weighted by Gasteiger charge is 2.17. The predicted molar refractivity (Wildman–Crippen MR) is 63.6 cm³/mol. The number of ether oxygens (including phenoxy) is 1. The molecule has 1 rings (SSSR count). The lowest BCUT2D eigenvalue weighted by Crippen LogP contribution is -2.15. The number of rotatable bonds is 3. The average molecular weight is 299 g/mol. The molecule has 0 aromatic heterocycles. The van der Waals surface area contributed by atoms with Gasteiger partial charge in [-0.3, -0.25) is 0 Å². The molecule has 0 aliphatic rings. The molecule has 0 radical (unpaired) electrons. The highest BCUT2D eigenvalue weighted by molar-refractivity contribution is 9.10. The Morgan fingerprint density at radius 2 is 2.13 bits per heavy atom. The van der Waals surface area contributed by atoms with Crippen LogP contribution < -0.4 is 10.5 Å². The van der Waals surface area contributed by atoms with Crippen molar-refractivity contribution in [2.75, 3.05) is 13.7 Å². The second kappa shape index (κ2) is 6.17. The standard InChI is InChI=1S/C9H12BrNO3.ClH/c1-14-7-3-2-5(10)8(9(7)13)6(11)4-12;/h2-3,6,12-13H,4,11H2,1H3;1H/t6-;/m1./s1. The lowest BCUT2D eigenvalue weighted by atomic mass is 10.1. The van der Waals surface area contributed by atoms with E-state index in [1.165, 1.54) is 7.11 Å². The number of phenols is 1. The molecule has 0 bridgehead atoms. The van der Waals surface area contributed by atoms with Crippen molar-refractivity contribution in [1.29, 1.82) is 0 Å². The van der Waals surface area contributed by atoms with Gasteiger partial charge in [-0.05, 0) is 12.1 Å². The molecule has 15 heavy (non-hydrogen) atoms. The van der Waals surface area contributed by atoms with Crippen LogP contribution in [0.25, 0.3) is 0 Å². The van der Waals surface area contributed by atoms with Gasteiger partial charge in [-0.1, -0.05) is 15.9 Å². The molecule has 0 aliphatic heterocycles. The fraction of sp³-hybridized carbons (Fsp3) is 0.333. The SMILES string of the molecule is COc1ccc(Br)c([C@H](N)CO)c1O.Cl. The Labute approximate surface area is 103 Å². The van der Waals surface area contributed by atoms with Gasteiger partial charge < -0.3 is 20.7 Å². The maximum absolute atomic E-state index is 9.73. The van der Waals surface area contributed by atoms with Crippen LogP contribution in [0.3, 0.4) is 0 Å². The summed E-state index contributed by atoms with van der Waals surface area (Å²) in [6.07, 6.45) is 0. The summed E-state index contributed by atoms with van der Waals surface area (Å²) in [5.74, 6) is 0.301. The Balaban J connectivity index is 0.00000196. The minimum atomic E-state index is -0.625. The van der Waals surface area contributed by atoms with Crippen molar-refractivity contribution in [2.45, 2.75) is 6.04 Å². The highest BCUT2D eigenvalue weighted by Crippen LogP contribution is 2.37. The van der Waals surface area contributed by atoms with E-state index in [0.717, 1.165) is 0 Å². The van der Waals surface area contributed by atoms with E-state index in [-0.39, 0.29) is 24.8 Å². The van der Waals surface area contributed by atoms with Crippen LogP contribution in [-0.4, -0.2) is 23.9 Å². The van der Waals surface area contributed by atoms with Gasteiger partial charge in [-0.2, -0.15) is 0 Å². The van der Waals surface area contributed by atoms with Gasteiger partial charge in [0.1, 0.15) is 0 Å². The van der Waals surface area contributed by atoms with Crippen molar-refractivity contribution in [3.05, 3.63) is 22.2 Å². The lowest BCUT2D eigenvalue weighted by Gasteiger charge is -2.15.